The molecule has 1 atom stereocenters. The van der Waals surface area contributed by atoms with Crippen molar-refractivity contribution in [2.45, 2.75) is 26.2 Å². The van der Waals surface area contributed by atoms with E-state index < -0.39 is 12.6 Å². The minimum absolute atomic E-state index is 0.485. The minimum atomic E-state index is -0.728. The Morgan fingerprint density at radius 2 is 2.45 bits per heavy atom. The van der Waals surface area contributed by atoms with Crippen LogP contribution in [0.3, 0.4) is 0 Å². The second-order valence-corrected chi connectivity index (χ2v) is 2.15. The van der Waals surface area contributed by atoms with E-state index in [0.717, 1.165) is 12.8 Å². The summed E-state index contributed by atoms with van der Waals surface area (Å²) in [6.07, 6.45) is 5.10. The third-order valence-corrected chi connectivity index (χ3v) is 1.13. The van der Waals surface area contributed by atoms with E-state index in [0.29, 0.717) is 6.42 Å². The third-order valence-electron chi connectivity index (χ3n) is 1.13. The number of ether oxygens (including phenoxy) is 1. The molecule has 11 heavy (non-hydrogen) atoms. The molecule has 0 aromatic heterocycles. The van der Waals surface area contributed by atoms with Crippen LogP contribution in [-0.4, -0.2) is 12.6 Å². The molecule has 0 bridgehead atoms. The van der Waals surface area contributed by atoms with Gasteiger partial charge in [0.05, 0.1) is 14.4 Å². The second kappa shape index (κ2) is 7.32. The van der Waals surface area contributed by atoms with E-state index in [1.54, 1.807) is 0 Å². The molecule has 63 valence electrons. The van der Waals surface area contributed by atoms with Crippen molar-refractivity contribution < 1.29 is 10.9 Å². The number of carbonyl (C=O) groups is 1. The van der Waals surface area contributed by atoms with Crippen LogP contribution in [0.4, 0.5) is 0 Å². The molecule has 0 rings (SSSR count). The van der Waals surface area contributed by atoms with Gasteiger partial charge in [-0.1, -0.05) is 25.8 Å². The molecule has 0 aromatic rings. The summed E-state index contributed by atoms with van der Waals surface area (Å²) in [5.41, 5.74) is 0. The van der Waals surface area contributed by atoms with Gasteiger partial charge in [0.2, 0.25) is 0 Å². The molecule has 0 spiro atoms. The first kappa shape index (κ1) is 8.31. The van der Waals surface area contributed by atoms with Gasteiger partial charge in [-0.05, 0) is 6.42 Å². The molecule has 0 fully saturated rings. The summed E-state index contributed by atoms with van der Waals surface area (Å²) in [6.45, 7) is 4.66. The highest BCUT2D eigenvalue weighted by atomic mass is 16.5. The average Bonchev–Trinajstić information content (AvgIpc) is 2.01. The number of rotatable bonds is 6. The van der Waals surface area contributed by atoms with Gasteiger partial charge in [0.15, 0.2) is 0 Å². The van der Waals surface area contributed by atoms with Crippen LogP contribution in [0.5, 0.6) is 0 Å². The Kier molecular flexibility index (Phi) is 5.53. The fourth-order valence-corrected chi connectivity index (χ4v) is 0.564. The molecular formula is C9H15O2. The first-order chi connectivity index (χ1) is 5.70. The zero-order chi connectivity index (χ0) is 9.40. The number of hydrogen-bond donors (Lipinski definition) is 0. The highest BCUT2D eigenvalue weighted by Crippen LogP contribution is 1.95. The molecule has 1 radical (unpaired) electrons. The Labute approximate surface area is 69.6 Å². The molecule has 2 nitrogen and oxygen atoms in total. The molecule has 0 heterocycles. The first-order valence-corrected chi connectivity index (χ1v) is 3.79. The number of unbranched alkanes of at least 4 members (excludes halogenated alkanes) is 1. The molecule has 0 aliphatic carbocycles. The lowest BCUT2D eigenvalue weighted by atomic mass is 10.3. The fourth-order valence-electron chi connectivity index (χ4n) is 0.564. The Morgan fingerprint density at radius 1 is 1.73 bits per heavy atom. The van der Waals surface area contributed by atoms with Crippen LogP contribution < -0.4 is 0 Å². The smallest absolute Gasteiger partial charge is 0.313 e. The Hall–Kier alpha value is -0.790. The van der Waals surface area contributed by atoms with Crippen molar-refractivity contribution in [1.82, 2.24) is 0 Å². The van der Waals surface area contributed by atoms with Gasteiger partial charge in [-0.15, -0.1) is 6.58 Å². The van der Waals surface area contributed by atoms with Gasteiger partial charge >= 0.3 is 5.97 Å². The maximum atomic E-state index is 10.7. The van der Waals surface area contributed by atoms with Crippen LogP contribution in [-0.2, 0) is 9.53 Å². The maximum absolute atomic E-state index is 10.7. The summed E-state index contributed by atoms with van der Waals surface area (Å²) in [5, 5.41) is 0. The molecule has 0 aliphatic rings. The largest absolute Gasteiger partial charge is 0.465 e. The summed E-state index contributed by atoms with van der Waals surface area (Å²) < 4.78 is 12.0. The predicted molar refractivity (Wildman–Crippen MR) is 45.0 cm³/mol. The summed E-state index contributed by atoms with van der Waals surface area (Å²) >= 11 is 0. The standard InChI is InChI=1S/C9H15O2/c1-3-5-6-8-11-9(10)7-4-2/h4,7H,2-3,5-6,8H2,1H3/i8D. The van der Waals surface area contributed by atoms with Crippen molar-refractivity contribution in [2.24, 2.45) is 0 Å². The van der Waals surface area contributed by atoms with Gasteiger partial charge in [-0.25, -0.2) is 0 Å². The quantitative estimate of drug-likeness (QED) is 0.550. The summed E-state index contributed by atoms with van der Waals surface area (Å²) in [7, 11) is 0. The Bertz CT molecular complexity index is 145. The van der Waals surface area contributed by atoms with Crippen molar-refractivity contribution in [1.29, 1.82) is 0 Å². The van der Waals surface area contributed by atoms with Crippen LogP contribution in [0.1, 0.15) is 27.6 Å². The molecule has 1 unspecified atom stereocenters. The van der Waals surface area contributed by atoms with Gasteiger partial charge in [-0.3, -0.25) is 4.79 Å². The van der Waals surface area contributed by atoms with Gasteiger partial charge in [0.1, 0.15) is 0 Å². The van der Waals surface area contributed by atoms with Crippen molar-refractivity contribution >= 4 is 5.97 Å². The summed E-state index contributed by atoms with van der Waals surface area (Å²) in [5.74, 6) is -0.485. The molecule has 0 amide bonds. The van der Waals surface area contributed by atoms with E-state index in [9.17, 15) is 4.79 Å². The van der Waals surface area contributed by atoms with Crippen molar-refractivity contribution in [3.63, 3.8) is 0 Å². The summed E-state index contributed by atoms with van der Waals surface area (Å²) in [4.78, 5) is 10.7. The van der Waals surface area contributed by atoms with Gasteiger partial charge < -0.3 is 4.74 Å². The SMILES string of the molecule is [2H]C(CCCC)OC(=O)[CH]C=C. The number of carbonyl (C=O) groups excluding carboxylic acids is 1. The molecule has 0 saturated carbocycles. The van der Waals surface area contributed by atoms with Crippen LogP contribution in [0.25, 0.3) is 0 Å². The van der Waals surface area contributed by atoms with E-state index in [-0.39, 0.29) is 0 Å². The van der Waals surface area contributed by atoms with Crippen LogP contribution in [0, 0.1) is 6.42 Å². The van der Waals surface area contributed by atoms with Crippen LogP contribution in [0.2, 0.25) is 0 Å². The van der Waals surface area contributed by atoms with E-state index in [4.69, 9.17) is 6.11 Å². The van der Waals surface area contributed by atoms with Gasteiger partial charge in [0, 0.05) is 0 Å². The molecule has 0 aliphatic heterocycles. The Morgan fingerprint density at radius 3 is 3.00 bits per heavy atom. The van der Waals surface area contributed by atoms with Gasteiger partial charge in [0.25, 0.3) is 0 Å². The van der Waals surface area contributed by atoms with E-state index in [1.807, 2.05) is 6.92 Å². The minimum Gasteiger partial charge on any atom is -0.465 e. The molecule has 0 aromatic carbocycles. The normalized spacial score (nSPS) is 13.4. The Balaban J connectivity index is 3.46. The van der Waals surface area contributed by atoms with Crippen molar-refractivity contribution in [3.05, 3.63) is 19.1 Å². The molecular weight excluding hydrogens is 140 g/mol. The monoisotopic (exact) mass is 156 g/mol. The number of esters is 1. The molecule has 2 heteroatoms. The van der Waals surface area contributed by atoms with Crippen LogP contribution >= 0.6 is 0 Å². The maximum Gasteiger partial charge on any atom is 0.313 e. The predicted octanol–water partition coefficient (Wildman–Crippen LogP) is 2.11. The van der Waals surface area contributed by atoms with E-state index in [1.165, 1.54) is 12.5 Å². The lowest BCUT2D eigenvalue weighted by molar-refractivity contribution is -0.139. The zero-order valence-electron chi connectivity index (χ0n) is 7.88. The highest BCUT2D eigenvalue weighted by molar-refractivity contribution is 5.81. The van der Waals surface area contributed by atoms with E-state index in [2.05, 4.69) is 6.58 Å². The highest BCUT2D eigenvalue weighted by Gasteiger charge is 1.97. The first-order valence-electron chi connectivity index (χ1n) is 4.37. The average molecular weight is 156 g/mol. The fraction of sp³-hybridized carbons (Fsp3) is 0.556. The second-order valence-electron chi connectivity index (χ2n) is 2.15. The van der Waals surface area contributed by atoms with Crippen molar-refractivity contribution in [3.8, 4) is 0 Å². The lowest BCUT2D eigenvalue weighted by Gasteiger charge is -2.00. The number of hydrogen-bond acceptors (Lipinski definition) is 2. The third kappa shape index (κ3) is 7.10. The lowest BCUT2D eigenvalue weighted by Crippen LogP contribution is -2.04. The topological polar surface area (TPSA) is 26.3 Å². The molecule has 0 N–H and O–H groups in total. The summed E-state index contributed by atoms with van der Waals surface area (Å²) in [6, 6.07) is 0. The molecule has 0 saturated heterocycles. The van der Waals surface area contributed by atoms with Gasteiger partial charge in [-0.2, -0.15) is 0 Å². The van der Waals surface area contributed by atoms with Crippen LogP contribution in [0.15, 0.2) is 12.7 Å². The zero-order valence-corrected chi connectivity index (χ0v) is 6.88. The van der Waals surface area contributed by atoms with Crippen molar-refractivity contribution in [2.75, 3.05) is 6.58 Å². The van der Waals surface area contributed by atoms with E-state index >= 15 is 0 Å².